The fourth-order valence-electron chi connectivity index (χ4n) is 7.77. The van der Waals surface area contributed by atoms with Crippen LogP contribution < -0.4 is 19.5 Å². The van der Waals surface area contributed by atoms with Crippen molar-refractivity contribution in [3.8, 4) is 23.0 Å². The van der Waals surface area contributed by atoms with Gasteiger partial charge in [-0.1, -0.05) is 142 Å². The number of rotatable bonds is 28. The standard InChI is InChI=1S/C50H71N5O7S/c1-6-7-8-9-10-11-12-13-14-15-16-17-18-19-20-23-33-55-48(52-43-25-21-22-26-46(43)63(55,58)59)47(54-38-40(56)37-51-54)49(57)53-44-36-39(50(2,3)4)27-32-45(44)62-35-24-34-61-42-30-28-41(60-5)29-31-42/h21-22,25-32,36-38,47,56H,6-20,23-24,33-35H2,1-5H3,(H,53,57). The van der Waals surface area contributed by atoms with Crippen LogP contribution >= 0.6 is 0 Å². The average Bonchev–Trinajstić information content (AvgIpc) is 3.69. The summed E-state index contributed by atoms with van der Waals surface area (Å²) in [5, 5.41) is 17.8. The molecule has 63 heavy (non-hydrogen) atoms. The van der Waals surface area contributed by atoms with Gasteiger partial charge in [0.05, 0.1) is 44.1 Å². The highest BCUT2D eigenvalue weighted by Crippen LogP contribution is 2.37. The van der Waals surface area contributed by atoms with E-state index in [0.717, 1.165) is 30.6 Å². The van der Waals surface area contributed by atoms with E-state index in [1.807, 2.05) is 42.5 Å². The number of benzene rings is 3. The molecule has 1 aromatic heterocycles. The molecular weight excluding hydrogens is 815 g/mol. The van der Waals surface area contributed by atoms with Crippen molar-refractivity contribution < 1.29 is 32.5 Å². The minimum absolute atomic E-state index is 0.000356. The number of nitrogens with zero attached hydrogens (tertiary/aromatic N) is 4. The highest BCUT2D eigenvalue weighted by molar-refractivity contribution is 7.90. The number of aliphatic imine (C=N–C) groups is 1. The molecule has 1 aliphatic heterocycles. The van der Waals surface area contributed by atoms with Gasteiger partial charge in [-0.15, -0.1) is 0 Å². The van der Waals surface area contributed by atoms with Gasteiger partial charge in [0.25, 0.3) is 15.9 Å². The largest absolute Gasteiger partial charge is 0.505 e. The van der Waals surface area contributed by atoms with Gasteiger partial charge in [0.1, 0.15) is 22.1 Å². The Balaban J connectivity index is 1.26. The van der Waals surface area contributed by atoms with E-state index >= 15 is 0 Å². The van der Waals surface area contributed by atoms with Crippen LogP contribution in [-0.2, 0) is 20.2 Å². The van der Waals surface area contributed by atoms with Crippen molar-refractivity contribution in [2.24, 2.45) is 4.99 Å². The molecule has 1 amide bonds. The van der Waals surface area contributed by atoms with Gasteiger partial charge in [0.2, 0.25) is 0 Å². The number of amidine groups is 1. The van der Waals surface area contributed by atoms with Crippen molar-refractivity contribution in [1.82, 2.24) is 14.1 Å². The summed E-state index contributed by atoms with van der Waals surface area (Å²) < 4.78 is 48.7. The molecule has 3 aromatic carbocycles. The number of fused-ring (bicyclic) bond motifs is 1. The Morgan fingerprint density at radius 1 is 0.762 bits per heavy atom. The fourth-order valence-corrected chi connectivity index (χ4v) is 9.40. The summed E-state index contributed by atoms with van der Waals surface area (Å²) in [6, 6.07) is 18.2. The van der Waals surface area contributed by atoms with Gasteiger partial charge in [-0.2, -0.15) is 5.10 Å². The van der Waals surface area contributed by atoms with Crippen molar-refractivity contribution in [2.45, 2.75) is 153 Å². The highest BCUT2D eigenvalue weighted by atomic mass is 32.2. The first-order chi connectivity index (χ1) is 30.4. The lowest BCUT2D eigenvalue weighted by Crippen LogP contribution is -2.47. The molecule has 0 saturated heterocycles. The maximum Gasteiger partial charge on any atom is 0.267 e. The molecule has 4 aromatic rings. The molecule has 12 nitrogen and oxygen atoms in total. The van der Waals surface area contributed by atoms with Crippen molar-refractivity contribution in [2.75, 3.05) is 32.2 Å². The number of anilines is 1. The third kappa shape index (κ3) is 14.8. The average molecular weight is 886 g/mol. The number of aromatic nitrogens is 2. The molecule has 1 unspecified atom stereocenters. The van der Waals surface area contributed by atoms with Gasteiger partial charge in [-0.05, 0) is 65.9 Å². The number of carbonyl (C=O) groups is 1. The molecule has 0 radical (unpaired) electrons. The zero-order valence-electron chi connectivity index (χ0n) is 38.3. The van der Waals surface area contributed by atoms with Crippen LogP contribution in [-0.4, -0.2) is 66.2 Å². The number of amides is 1. The fraction of sp³-hybridized carbons (Fsp3) is 0.540. The number of carbonyl (C=O) groups excluding carboxylic acids is 1. The van der Waals surface area contributed by atoms with E-state index in [9.17, 15) is 18.3 Å². The van der Waals surface area contributed by atoms with E-state index in [-0.39, 0.29) is 34.1 Å². The molecule has 0 fully saturated rings. The van der Waals surface area contributed by atoms with Crippen molar-refractivity contribution >= 4 is 33.1 Å². The van der Waals surface area contributed by atoms with Gasteiger partial charge in [-0.25, -0.2) is 18.1 Å². The molecule has 1 aliphatic rings. The van der Waals surface area contributed by atoms with E-state index in [4.69, 9.17) is 19.2 Å². The minimum Gasteiger partial charge on any atom is -0.505 e. The van der Waals surface area contributed by atoms with Gasteiger partial charge >= 0.3 is 0 Å². The SMILES string of the molecule is CCCCCCCCCCCCCCCCCCN1C(C(C(=O)Nc2cc(C(C)(C)C)ccc2OCCCOc2ccc(OC)cc2)n2cc(O)cn2)=Nc2ccccc2S1(=O)=O. The number of unbranched alkanes of at least 4 members (excludes halogenated alkanes) is 15. The summed E-state index contributed by atoms with van der Waals surface area (Å²) in [6.07, 6.45) is 22.3. The lowest BCUT2D eigenvalue weighted by atomic mass is 9.87. The number of nitrogens with one attached hydrogen (secondary N) is 1. The van der Waals surface area contributed by atoms with Crippen LogP contribution in [0.4, 0.5) is 11.4 Å². The maximum atomic E-state index is 14.8. The van der Waals surface area contributed by atoms with Gasteiger partial charge in [-0.3, -0.25) is 9.10 Å². The third-order valence-corrected chi connectivity index (χ3v) is 13.3. The van der Waals surface area contributed by atoms with Crippen LogP contribution in [0.15, 0.2) is 89.0 Å². The molecule has 0 bridgehead atoms. The molecule has 344 valence electrons. The number of hydrogen-bond acceptors (Lipinski definition) is 9. The quantitative estimate of drug-likeness (QED) is 0.0536. The normalized spacial score (nSPS) is 13.9. The second-order valence-corrected chi connectivity index (χ2v) is 19.4. The molecule has 0 aliphatic carbocycles. The molecule has 0 saturated carbocycles. The topological polar surface area (TPSA) is 145 Å². The molecule has 2 N–H and O–H groups in total. The van der Waals surface area contributed by atoms with Crippen molar-refractivity contribution in [3.63, 3.8) is 0 Å². The lowest BCUT2D eigenvalue weighted by molar-refractivity contribution is -0.117. The number of sulfonamides is 1. The lowest BCUT2D eigenvalue weighted by Gasteiger charge is -2.33. The Morgan fingerprint density at radius 3 is 1.94 bits per heavy atom. The van der Waals surface area contributed by atoms with Gasteiger partial charge in [0.15, 0.2) is 17.6 Å². The smallest absolute Gasteiger partial charge is 0.267 e. The van der Waals surface area contributed by atoms with E-state index < -0.39 is 22.0 Å². The molecule has 2 heterocycles. The Hall–Kier alpha value is -5.04. The number of aromatic hydroxyl groups is 1. The first kappa shape index (κ1) is 49.0. The Labute approximate surface area is 376 Å². The summed E-state index contributed by atoms with van der Waals surface area (Å²) in [6.45, 7) is 9.35. The summed E-state index contributed by atoms with van der Waals surface area (Å²) in [7, 11) is -2.49. The summed E-state index contributed by atoms with van der Waals surface area (Å²) in [5.41, 5.74) is 1.35. The van der Waals surface area contributed by atoms with Crippen LogP contribution in [0.2, 0.25) is 0 Å². The second-order valence-electron chi connectivity index (χ2n) is 17.6. The minimum atomic E-state index is -4.10. The predicted octanol–water partition coefficient (Wildman–Crippen LogP) is 11.9. The van der Waals surface area contributed by atoms with E-state index in [0.29, 0.717) is 43.2 Å². The Bertz CT molecular complexity index is 2150. The number of hydrogen-bond donors (Lipinski definition) is 2. The first-order valence-electron chi connectivity index (χ1n) is 23.2. The Morgan fingerprint density at radius 2 is 1.35 bits per heavy atom. The van der Waals surface area contributed by atoms with Gasteiger partial charge in [0, 0.05) is 13.0 Å². The van der Waals surface area contributed by atoms with Crippen LogP contribution in [0, 0.1) is 0 Å². The van der Waals surface area contributed by atoms with Gasteiger partial charge < -0.3 is 24.6 Å². The zero-order valence-corrected chi connectivity index (χ0v) is 39.1. The van der Waals surface area contributed by atoms with E-state index in [1.54, 1.807) is 31.4 Å². The third-order valence-electron chi connectivity index (χ3n) is 11.5. The molecule has 0 spiro atoms. The predicted molar refractivity (Wildman–Crippen MR) is 252 cm³/mol. The number of para-hydroxylation sites is 1. The summed E-state index contributed by atoms with van der Waals surface area (Å²) in [5.74, 6) is 1.13. The molecular formula is C50H71N5O7S. The van der Waals surface area contributed by atoms with Crippen molar-refractivity contribution in [1.29, 1.82) is 0 Å². The number of methoxy groups -OCH3 is 1. The Kier molecular flexibility index (Phi) is 19.2. The second kappa shape index (κ2) is 24.7. The van der Waals surface area contributed by atoms with Crippen molar-refractivity contribution in [3.05, 3.63) is 84.7 Å². The van der Waals surface area contributed by atoms with Crippen LogP contribution in [0.25, 0.3) is 0 Å². The molecule has 5 rings (SSSR count). The first-order valence-corrected chi connectivity index (χ1v) is 24.6. The van der Waals surface area contributed by atoms with E-state index in [2.05, 4.69) is 38.1 Å². The summed E-state index contributed by atoms with van der Waals surface area (Å²) >= 11 is 0. The maximum absolute atomic E-state index is 14.8. The van der Waals surface area contributed by atoms with E-state index in [1.165, 1.54) is 98.4 Å². The molecule has 13 heteroatoms. The van der Waals surface area contributed by atoms with Crippen LogP contribution in [0.5, 0.6) is 23.0 Å². The molecule has 1 atom stereocenters. The van der Waals surface area contributed by atoms with Crippen LogP contribution in [0.1, 0.15) is 148 Å². The summed E-state index contributed by atoms with van der Waals surface area (Å²) in [4.78, 5) is 19.7. The number of ether oxygens (including phenoxy) is 3. The zero-order chi connectivity index (χ0) is 45.1. The highest BCUT2D eigenvalue weighted by Gasteiger charge is 2.41. The van der Waals surface area contributed by atoms with Crippen LogP contribution in [0.3, 0.4) is 0 Å². The monoisotopic (exact) mass is 886 g/mol.